The molecule has 0 fully saturated rings. The summed E-state index contributed by atoms with van der Waals surface area (Å²) in [6.45, 7) is 0. The van der Waals surface area contributed by atoms with Crippen LogP contribution in [0.3, 0.4) is 0 Å². The van der Waals surface area contributed by atoms with Crippen LogP contribution in [0, 0.1) is 0 Å². The number of ketones is 1. The van der Waals surface area contributed by atoms with Crippen molar-refractivity contribution in [3.8, 4) is 5.75 Å². The fourth-order valence-corrected chi connectivity index (χ4v) is 3.07. The van der Waals surface area contributed by atoms with Gasteiger partial charge in [-0.05, 0) is 11.4 Å². The quantitative estimate of drug-likeness (QED) is 0.785. The smallest absolute Gasteiger partial charge is 0.214 e. The first-order valence-corrected chi connectivity index (χ1v) is 6.26. The van der Waals surface area contributed by atoms with E-state index < -0.39 is 0 Å². The number of thiophene rings is 2. The van der Waals surface area contributed by atoms with Crippen molar-refractivity contribution in [2.24, 2.45) is 0 Å². The SMILES string of the molecule is COc1csc(C(=O)c2sccc2Cl)c1. The molecule has 0 aliphatic heterocycles. The zero-order valence-corrected chi connectivity index (χ0v) is 10.2. The van der Waals surface area contributed by atoms with Gasteiger partial charge in [0.15, 0.2) is 0 Å². The molecule has 0 radical (unpaired) electrons. The Bertz CT molecular complexity index is 487. The highest BCUT2D eigenvalue weighted by molar-refractivity contribution is 7.16. The highest BCUT2D eigenvalue weighted by Crippen LogP contribution is 2.29. The van der Waals surface area contributed by atoms with Crippen molar-refractivity contribution in [1.82, 2.24) is 0 Å². The van der Waals surface area contributed by atoms with E-state index in [2.05, 4.69) is 0 Å². The number of halogens is 1. The molecule has 0 amide bonds. The van der Waals surface area contributed by atoms with Gasteiger partial charge in [0.1, 0.15) is 5.75 Å². The van der Waals surface area contributed by atoms with Crippen LogP contribution in [-0.2, 0) is 0 Å². The zero-order valence-electron chi connectivity index (χ0n) is 7.82. The van der Waals surface area contributed by atoms with Gasteiger partial charge in [-0.25, -0.2) is 0 Å². The van der Waals surface area contributed by atoms with Crippen LogP contribution in [0.25, 0.3) is 0 Å². The highest BCUT2D eigenvalue weighted by atomic mass is 35.5. The number of hydrogen-bond acceptors (Lipinski definition) is 4. The third-order valence-electron chi connectivity index (χ3n) is 1.86. The number of carbonyl (C=O) groups is 1. The maximum absolute atomic E-state index is 11.9. The van der Waals surface area contributed by atoms with Gasteiger partial charge < -0.3 is 4.74 Å². The van der Waals surface area contributed by atoms with Crippen LogP contribution in [0.4, 0.5) is 0 Å². The van der Waals surface area contributed by atoms with E-state index in [1.165, 1.54) is 22.7 Å². The van der Waals surface area contributed by atoms with E-state index in [0.29, 0.717) is 20.5 Å². The van der Waals surface area contributed by atoms with E-state index in [4.69, 9.17) is 16.3 Å². The lowest BCUT2D eigenvalue weighted by Gasteiger charge is -1.94. The molecule has 5 heteroatoms. The molecule has 0 atom stereocenters. The van der Waals surface area contributed by atoms with Gasteiger partial charge in [-0.2, -0.15) is 0 Å². The second kappa shape index (κ2) is 4.35. The van der Waals surface area contributed by atoms with Crippen molar-refractivity contribution in [2.75, 3.05) is 7.11 Å². The Morgan fingerprint density at radius 3 is 2.80 bits per heavy atom. The highest BCUT2D eigenvalue weighted by Gasteiger charge is 2.16. The molecule has 0 bridgehead atoms. The summed E-state index contributed by atoms with van der Waals surface area (Å²) in [5.41, 5.74) is 0. The lowest BCUT2D eigenvalue weighted by molar-refractivity contribution is 0.104. The fraction of sp³-hybridized carbons (Fsp3) is 0.100. The Kier molecular flexibility index (Phi) is 3.09. The lowest BCUT2D eigenvalue weighted by Crippen LogP contribution is -1.95. The van der Waals surface area contributed by atoms with Gasteiger partial charge >= 0.3 is 0 Å². The summed E-state index contributed by atoms with van der Waals surface area (Å²) < 4.78 is 5.02. The van der Waals surface area contributed by atoms with Crippen molar-refractivity contribution in [1.29, 1.82) is 0 Å². The van der Waals surface area contributed by atoms with E-state index >= 15 is 0 Å². The van der Waals surface area contributed by atoms with E-state index in [1.54, 1.807) is 30.0 Å². The minimum absolute atomic E-state index is 0.0386. The molecular formula is C10H7ClO2S2. The summed E-state index contributed by atoms with van der Waals surface area (Å²) in [6, 6.07) is 3.45. The molecule has 78 valence electrons. The van der Waals surface area contributed by atoms with Crippen LogP contribution in [0.2, 0.25) is 5.02 Å². The van der Waals surface area contributed by atoms with Crippen molar-refractivity contribution in [2.45, 2.75) is 0 Å². The van der Waals surface area contributed by atoms with Gasteiger partial charge in [0, 0.05) is 11.4 Å². The molecule has 2 nitrogen and oxygen atoms in total. The summed E-state index contributed by atoms with van der Waals surface area (Å²) >= 11 is 8.60. The normalized spacial score (nSPS) is 10.3. The van der Waals surface area contributed by atoms with Gasteiger partial charge in [-0.1, -0.05) is 11.6 Å². The van der Waals surface area contributed by atoms with E-state index in [-0.39, 0.29) is 5.78 Å². The molecule has 2 aromatic rings. The Balaban J connectivity index is 2.32. The van der Waals surface area contributed by atoms with Gasteiger partial charge in [0.05, 0.1) is 21.9 Å². The molecule has 2 heterocycles. The third-order valence-corrected chi connectivity index (χ3v) is 4.11. The summed E-state index contributed by atoms with van der Waals surface area (Å²) in [5.74, 6) is 0.666. The summed E-state index contributed by atoms with van der Waals surface area (Å²) in [5, 5.41) is 4.12. The molecular weight excluding hydrogens is 252 g/mol. The second-order valence-electron chi connectivity index (χ2n) is 2.78. The predicted molar refractivity (Wildman–Crippen MR) is 63.6 cm³/mol. The maximum atomic E-state index is 11.9. The minimum Gasteiger partial charge on any atom is -0.496 e. The fourth-order valence-electron chi connectivity index (χ4n) is 1.11. The lowest BCUT2D eigenvalue weighted by atomic mass is 10.3. The summed E-state index contributed by atoms with van der Waals surface area (Å²) in [6.07, 6.45) is 0. The first-order chi connectivity index (χ1) is 7.22. The molecule has 15 heavy (non-hydrogen) atoms. The topological polar surface area (TPSA) is 26.3 Å². The Labute approximate surface area is 100 Å². The van der Waals surface area contributed by atoms with Crippen LogP contribution >= 0.6 is 34.3 Å². The Hall–Kier alpha value is -0.840. The van der Waals surface area contributed by atoms with Crippen LogP contribution in [-0.4, -0.2) is 12.9 Å². The monoisotopic (exact) mass is 258 g/mol. The van der Waals surface area contributed by atoms with Crippen molar-refractivity contribution in [3.05, 3.63) is 37.7 Å². The van der Waals surface area contributed by atoms with E-state index in [0.717, 1.165) is 0 Å². The van der Waals surface area contributed by atoms with Crippen molar-refractivity contribution >= 4 is 40.1 Å². The molecule has 0 unspecified atom stereocenters. The molecule has 0 aromatic carbocycles. The van der Waals surface area contributed by atoms with Crippen LogP contribution in [0.15, 0.2) is 22.9 Å². The third kappa shape index (κ3) is 2.07. The molecule has 0 N–H and O–H groups in total. The molecule has 0 aliphatic rings. The van der Waals surface area contributed by atoms with Crippen molar-refractivity contribution in [3.63, 3.8) is 0 Å². The predicted octanol–water partition coefficient (Wildman–Crippen LogP) is 3.70. The number of rotatable bonds is 3. The average Bonchev–Trinajstić information content (AvgIpc) is 2.84. The molecule has 0 spiro atoms. The number of hydrogen-bond donors (Lipinski definition) is 0. The van der Waals surface area contributed by atoms with Crippen LogP contribution in [0.5, 0.6) is 5.75 Å². The van der Waals surface area contributed by atoms with Gasteiger partial charge in [0.2, 0.25) is 5.78 Å². The van der Waals surface area contributed by atoms with E-state index in [1.807, 2.05) is 0 Å². The largest absolute Gasteiger partial charge is 0.496 e. The molecule has 0 aliphatic carbocycles. The minimum atomic E-state index is -0.0386. The molecule has 2 aromatic heterocycles. The summed E-state index contributed by atoms with van der Waals surface area (Å²) in [4.78, 5) is 13.2. The number of ether oxygens (including phenoxy) is 1. The standard InChI is InChI=1S/C10H7ClO2S2/c1-13-6-4-8(15-5-6)9(12)10-7(11)2-3-14-10/h2-5H,1H3. The number of methoxy groups -OCH3 is 1. The Morgan fingerprint density at radius 1 is 1.47 bits per heavy atom. The summed E-state index contributed by atoms with van der Waals surface area (Å²) in [7, 11) is 1.58. The Morgan fingerprint density at radius 2 is 2.27 bits per heavy atom. The van der Waals surface area contributed by atoms with Gasteiger partial charge in [0.25, 0.3) is 0 Å². The maximum Gasteiger partial charge on any atom is 0.214 e. The van der Waals surface area contributed by atoms with Crippen LogP contribution < -0.4 is 4.74 Å². The van der Waals surface area contributed by atoms with Crippen molar-refractivity contribution < 1.29 is 9.53 Å². The van der Waals surface area contributed by atoms with Gasteiger partial charge in [-0.3, -0.25) is 4.79 Å². The molecule has 2 rings (SSSR count). The first-order valence-electron chi connectivity index (χ1n) is 4.12. The molecule has 0 saturated heterocycles. The first kappa shape index (κ1) is 10.7. The van der Waals surface area contributed by atoms with Crippen LogP contribution in [0.1, 0.15) is 14.5 Å². The zero-order chi connectivity index (χ0) is 10.8. The average molecular weight is 259 g/mol. The second-order valence-corrected chi connectivity index (χ2v) is 5.01. The van der Waals surface area contributed by atoms with E-state index in [9.17, 15) is 4.79 Å². The van der Waals surface area contributed by atoms with Gasteiger partial charge in [-0.15, -0.1) is 22.7 Å². The number of carbonyl (C=O) groups excluding carboxylic acids is 1. The molecule has 0 saturated carbocycles.